The Kier molecular flexibility index (Phi) is 3.79. The quantitative estimate of drug-likeness (QED) is 0.851. The highest BCUT2D eigenvalue weighted by Gasteiger charge is 2.03. The van der Waals surface area contributed by atoms with Crippen molar-refractivity contribution in [3.8, 4) is 5.75 Å². The van der Waals surface area contributed by atoms with Crippen molar-refractivity contribution in [2.75, 3.05) is 0 Å². The van der Waals surface area contributed by atoms with Crippen LogP contribution < -0.4 is 4.74 Å². The molecular weight excluding hydrogens is 278 g/mol. The maximum absolute atomic E-state index is 5.76. The van der Waals surface area contributed by atoms with Crippen LogP contribution in [0.2, 0.25) is 0 Å². The number of rotatable bonds is 3. The minimum Gasteiger partial charge on any atom is -0.489 e. The van der Waals surface area contributed by atoms with Crippen LogP contribution in [-0.4, -0.2) is 4.98 Å². The minimum absolute atomic E-state index is 0.572. The highest BCUT2D eigenvalue weighted by atomic mass is 79.9. The zero-order valence-corrected chi connectivity index (χ0v) is 11.5. The molecule has 0 fully saturated rings. The van der Waals surface area contributed by atoms with E-state index >= 15 is 0 Å². The SMILES string of the molecule is Cc1cc(OCc2ccncc2)cc(C)c1Br. The predicted octanol–water partition coefficient (Wildman–Crippen LogP) is 4.04. The summed E-state index contributed by atoms with van der Waals surface area (Å²) in [4.78, 5) is 3.98. The second kappa shape index (κ2) is 5.32. The number of aryl methyl sites for hydroxylation is 2. The van der Waals surface area contributed by atoms with Gasteiger partial charge in [0.05, 0.1) is 0 Å². The molecule has 1 aromatic heterocycles. The number of hydrogen-bond donors (Lipinski definition) is 0. The van der Waals surface area contributed by atoms with E-state index in [1.807, 2.05) is 24.3 Å². The van der Waals surface area contributed by atoms with Crippen molar-refractivity contribution in [2.45, 2.75) is 20.5 Å². The summed E-state index contributed by atoms with van der Waals surface area (Å²) in [6, 6.07) is 7.99. The average Bonchev–Trinajstić information content (AvgIpc) is 2.34. The summed E-state index contributed by atoms with van der Waals surface area (Å²) in [6.45, 7) is 4.70. The van der Waals surface area contributed by atoms with Crippen LogP contribution in [0.15, 0.2) is 41.1 Å². The summed E-state index contributed by atoms with van der Waals surface area (Å²) in [5.74, 6) is 0.903. The van der Waals surface area contributed by atoms with Gasteiger partial charge in [-0.15, -0.1) is 0 Å². The van der Waals surface area contributed by atoms with Gasteiger partial charge in [0, 0.05) is 16.9 Å². The molecule has 0 aliphatic rings. The van der Waals surface area contributed by atoms with Gasteiger partial charge in [0.15, 0.2) is 0 Å². The monoisotopic (exact) mass is 291 g/mol. The van der Waals surface area contributed by atoms with E-state index in [-0.39, 0.29) is 0 Å². The van der Waals surface area contributed by atoms with Crippen LogP contribution in [0.25, 0.3) is 0 Å². The summed E-state index contributed by atoms with van der Waals surface area (Å²) in [6.07, 6.45) is 3.55. The Hall–Kier alpha value is -1.35. The van der Waals surface area contributed by atoms with Gasteiger partial charge in [0.1, 0.15) is 12.4 Å². The fourth-order valence-electron chi connectivity index (χ4n) is 1.64. The van der Waals surface area contributed by atoms with Crippen molar-refractivity contribution in [3.05, 3.63) is 57.8 Å². The Morgan fingerprint density at radius 2 is 1.71 bits per heavy atom. The van der Waals surface area contributed by atoms with Gasteiger partial charge >= 0.3 is 0 Å². The van der Waals surface area contributed by atoms with E-state index < -0.39 is 0 Å². The molecule has 0 radical (unpaired) electrons. The van der Waals surface area contributed by atoms with Crippen molar-refractivity contribution in [1.29, 1.82) is 0 Å². The summed E-state index contributed by atoms with van der Waals surface area (Å²) in [5.41, 5.74) is 3.50. The lowest BCUT2D eigenvalue weighted by Gasteiger charge is -2.10. The van der Waals surface area contributed by atoms with E-state index in [9.17, 15) is 0 Å². The first kappa shape index (κ1) is 12.1. The van der Waals surface area contributed by atoms with Crippen molar-refractivity contribution in [2.24, 2.45) is 0 Å². The van der Waals surface area contributed by atoms with E-state index in [1.54, 1.807) is 12.4 Å². The standard InChI is InChI=1S/C14H14BrNO/c1-10-7-13(8-11(2)14(10)15)17-9-12-3-5-16-6-4-12/h3-8H,9H2,1-2H3. The molecule has 0 saturated carbocycles. The summed E-state index contributed by atoms with van der Waals surface area (Å²) >= 11 is 3.55. The molecule has 1 aromatic carbocycles. The molecule has 0 aliphatic heterocycles. The Morgan fingerprint density at radius 3 is 2.29 bits per heavy atom. The molecule has 0 bridgehead atoms. The first-order valence-corrected chi connectivity index (χ1v) is 6.24. The van der Waals surface area contributed by atoms with Gasteiger partial charge in [-0.25, -0.2) is 0 Å². The van der Waals surface area contributed by atoms with Crippen LogP contribution >= 0.6 is 15.9 Å². The Bertz CT molecular complexity index is 488. The molecule has 88 valence electrons. The lowest BCUT2D eigenvalue weighted by molar-refractivity contribution is 0.305. The molecular formula is C14H14BrNO. The van der Waals surface area contributed by atoms with Crippen LogP contribution in [0, 0.1) is 13.8 Å². The van der Waals surface area contributed by atoms with Gasteiger partial charge < -0.3 is 4.74 Å². The fraction of sp³-hybridized carbons (Fsp3) is 0.214. The van der Waals surface area contributed by atoms with Crippen molar-refractivity contribution < 1.29 is 4.74 Å². The molecule has 0 atom stereocenters. The van der Waals surface area contributed by atoms with Gasteiger partial charge in [-0.3, -0.25) is 4.98 Å². The minimum atomic E-state index is 0.572. The maximum Gasteiger partial charge on any atom is 0.120 e. The van der Waals surface area contributed by atoms with Gasteiger partial charge in [0.2, 0.25) is 0 Å². The van der Waals surface area contributed by atoms with E-state index in [0.29, 0.717) is 6.61 Å². The van der Waals surface area contributed by atoms with E-state index in [0.717, 1.165) is 15.8 Å². The zero-order chi connectivity index (χ0) is 12.3. The second-order valence-corrected chi connectivity index (χ2v) is 4.81. The lowest BCUT2D eigenvalue weighted by Crippen LogP contribution is -1.96. The molecule has 0 N–H and O–H groups in total. The molecule has 17 heavy (non-hydrogen) atoms. The van der Waals surface area contributed by atoms with Crippen molar-refractivity contribution in [3.63, 3.8) is 0 Å². The molecule has 0 amide bonds. The van der Waals surface area contributed by atoms with E-state index in [4.69, 9.17) is 4.74 Å². The Balaban J connectivity index is 2.10. The van der Waals surface area contributed by atoms with Gasteiger partial charge in [-0.05, 0) is 54.8 Å². The maximum atomic E-state index is 5.76. The van der Waals surface area contributed by atoms with Gasteiger partial charge in [0.25, 0.3) is 0 Å². The number of pyridine rings is 1. The van der Waals surface area contributed by atoms with Crippen molar-refractivity contribution >= 4 is 15.9 Å². The predicted molar refractivity (Wildman–Crippen MR) is 72.2 cm³/mol. The molecule has 1 heterocycles. The first-order valence-electron chi connectivity index (χ1n) is 5.45. The average molecular weight is 292 g/mol. The highest BCUT2D eigenvalue weighted by molar-refractivity contribution is 9.10. The number of halogens is 1. The van der Waals surface area contributed by atoms with Crippen LogP contribution in [0.1, 0.15) is 16.7 Å². The third kappa shape index (κ3) is 3.07. The largest absolute Gasteiger partial charge is 0.489 e. The summed E-state index contributed by atoms with van der Waals surface area (Å²) < 4.78 is 6.91. The molecule has 0 spiro atoms. The molecule has 2 rings (SSSR count). The number of nitrogens with zero attached hydrogens (tertiary/aromatic N) is 1. The molecule has 2 aromatic rings. The number of benzene rings is 1. The Morgan fingerprint density at radius 1 is 1.12 bits per heavy atom. The molecule has 0 unspecified atom stereocenters. The lowest BCUT2D eigenvalue weighted by atomic mass is 10.1. The molecule has 0 saturated heterocycles. The van der Waals surface area contributed by atoms with Crippen LogP contribution in [0.3, 0.4) is 0 Å². The second-order valence-electron chi connectivity index (χ2n) is 4.02. The van der Waals surface area contributed by atoms with Gasteiger partial charge in [-0.2, -0.15) is 0 Å². The third-order valence-corrected chi connectivity index (χ3v) is 3.82. The smallest absolute Gasteiger partial charge is 0.120 e. The Labute approximate surface area is 110 Å². The number of aromatic nitrogens is 1. The van der Waals surface area contributed by atoms with Crippen LogP contribution in [0.4, 0.5) is 0 Å². The molecule has 0 aliphatic carbocycles. The number of ether oxygens (including phenoxy) is 1. The topological polar surface area (TPSA) is 22.1 Å². The van der Waals surface area contributed by atoms with E-state index in [2.05, 4.69) is 34.8 Å². The molecule has 3 heteroatoms. The van der Waals surface area contributed by atoms with Crippen LogP contribution in [-0.2, 0) is 6.61 Å². The van der Waals surface area contributed by atoms with Gasteiger partial charge in [-0.1, -0.05) is 15.9 Å². The fourth-order valence-corrected chi connectivity index (χ4v) is 1.86. The third-order valence-electron chi connectivity index (χ3n) is 2.56. The van der Waals surface area contributed by atoms with Crippen LogP contribution in [0.5, 0.6) is 5.75 Å². The van der Waals surface area contributed by atoms with E-state index in [1.165, 1.54) is 11.1 Å². The zero-order valence-electron chi connectivity index (χ0n) is 9.90. The molecule has 2 nitrogen and oxygen atoms in total. The normalized spacial score (nSPS) is 10.3. The highest BCUT2D eigenvalue weighted by Crippen LogP contribution is 2.26. The summed E-state index contributed by atoms with van der Waals surface area (Å²) in [5, 5.41) is 0. The van der Waals surface area contributed by atoms with Crippen molar-refractivity contribution in [1.82, 2.24) is 4.98 Å². The summed E-state index contributed by atoms with van der Waals surface area (Å²) in [7, 11) is 0. The number of hydrogen-bond acceptors (Lipinski definition) is 2. The first-order chi connectivity index (χ1) is 8.16.